The third-order valence-electron chi connectivity index (χ3n) is 5.25. The number of hydrogen-bond donors (Lipinski definition) is 2. The second kappa shape index (κ2) is 6.06. The van der Waals surface area contributed by atoms with E-state index in [-0.39, 0.29) is 11.4 Å². The Labute approximate surface area is 156 Å². The Hall–Kier alpha value is -3.47. The van der Waals surface area contributed by atoms with Crippen LogP contribution in [0.15, 0.2) is 79.3 Å². The molecule has 1 aliphatic rings. The van der Waals surface area contributed by atoms with Crippen molar-refractivity contribution in [2.45, 2.75) is 18.4 Å². The molecule has 0 aliphatic heterocycles. The molecule has 5 nitrogen and oxygen atoms in total. The van der Waals surface area contributed by atoms with Crippen LogP contribution in [0.3, 0.4) is 0 Å². The highest BCUT2D eigenvalue weighted by atomic mass is 16.2. The van der Waals surface area contributed by atoms with Crippen LogP contribution in [-0.4, -0.2) is 10.9 Å². The fraction of sp³-hybridized carbons (Fsp3) is 0.136. The van der Waals surface area contributed by atoms with E-state index in [0.29, 0.717) is 5.82 Å². The lowest BCUT2D eigenvalue weighted by Crippen LogP contribution is -2.40. The first-order valence-electron chi connectivity index (χ1n) is 9.14. The summed E-state index contributed by atoms with van der Waals surface area (Å²) in [5.74, 6) is 0.446. The minimum atomic E-state index is -0.243. The molecule has 3 N–H and O–H groups in total. The lowest BCUT2D eigenvalue weighted by Gasteiger charge is -2.16. The van der Waals surface area contributed by atoms with Crippen molar-refractivity contribution in [3.05, 3.63) is 90.6 Å². The number of carbonyl (C=O) groups excluding carboxylic acids is 1. The molecular formula is C22H20N4O+2. The summed E-state index contributed by atoms with van der Waals surface area (Å²) in [5.41, 5.74) is 3.85. The van der Waals surface area contributed by atoms with Crippen LogP contribution in [0.4, 0.5) is 0 Å². The van der Waals surface area contributed by atoms with E-state index in [0.717, 1.165) is 35.2 Å². The average molecular weight is 356 g/mol. The number of aromatic amines is 2. The second-order valence-electron chi connectivity index (χ2n) is 7.00. The largest absolute Gasteiger partial charge is 0.351 e. The van der Waals surface area contributed by atoms with E-state index in [1.807, 2.05) is 71.5 Å². The number of H-pyrrole nitrogens is 2. The van der Waals surface area contributed by atoms with E-state index >= 15 is 0 Å². The maximum absolute atomic E-state index is 13.2. The van der Waals surface area contributed by atoms with Crippen LogP contribution in [-0.2, 0) is 5.54 Å². The number of pyridine rings is 2. The van der Waals surface area contributed by atoms with Gasteiger partial charge in [-0.3, -0.25) is 4.79 Å². The SMILES string of the molecule is O=C(NC1(c2ccccc2)CC1)c1[nH]c(-c2cc[nH+]cc2)c2cccc[n+]12. The number of nitrogens with zero attached hydrogens (tertiary/aromatic N) is 1. The van der Waals surface area contributed by atoms with E-state index in [9.17, 15) is 4.79 Å². The normalized spacial score (nSPS) is 14.8. The van der Waals surface area contributed by atoms with Gasteiger partial charge >= 0.3 is 11.7 Å². The smallest absolute Gasteiger partial charge is 0.336 e. The number of carbonyl (C=O) groups is 1. The Balaban J connectivity index is 1.55. The van der Waals surface area contributed by atoms with E-state index in [1.165, 1.54) is 0 Å². The lowest BCUT2D eigenvalue weighted by atomic mass is 10.1. The Kier molecular flexibility index (Phi) is 3.53. The zero-order valence-electron chi connectivity index (χ0n) is 14.8. The summed E-state index contributed by atoms with van der Waals surface area (Å²) < 4.78 is 1.92. The molecule has 3 heterocycles. The van der Waals surface area contributed by atoms with Gasteiger partial charge in [-0.1, -0.05) is 36.4 Å². The van der Waals surface area contributed by atoms with Gasteiger partial charge in [-0.2, -0.15) is 4.40 Å². The maximum Gasteiger partial charge on any atom is 0.351 e. The van der Waals surface area contributed by atoms with E-state index in [1.54, 1.807) is 0 Å². The summed E-state index contributed by atoms with van der Waals surface area (Å²) in [7, 11) is 0. The molecule has 27 heavy (non-hydrogen) atoms. The van der Waals surface area contributed by atoms with Crippen molar-refractivity contribution in [2.75, 3.05) is 0 Å². The molecule has 0 unspecified atom stereocenters. The number of aromatic nitrogens is 3. The van der Waals surface area contributed by atoms with Crippen LogP contribution in [0.2, 0.25) is 0 Å². The van der Waals surface area contributed by atoms with Crippen LogP contribution in [0.5, 0.6) is 0 Å². The van der Waals surface area contributed by atoms with Gasteiger partial charge in [0.25, 0.3) is 0 Å². The van der Waals surface area contributed by atoms with Crippen molar-refractivity contribution in [1.82, 2.24) is 10.3 Å². The van der Waals surface area contributed by atoms with Gasteiger partial charge < -0.3 is 5.32 Å². The minimum absolute atomic E-state index is 0.0914. The highest BCUT2D eigenvalue weighted by Crippen LogP contribution is 2.45. The number of rotatable bonds is 4. The van der Waals surface area contributed by atoms with E-state index in [4.69, 9.17) is 0 Å². The molecule has 0 bridgehead atoms. The van der Waals surface area contributed by atoms with Crippen LogP contribution >= 0.6 is 0 Å². The quantitative estimate of drug-likeness (QED) is 0.543. The van der Waals surface area contributed by atoms with Crippen molar-refractivity contribution >= 4 is 11.4 Å². The number of fused-ring (bicyclic) bond motifs is 1. The standard InChI is InChI=1S/C22H18N4O/c27-21(25-22(11-12-22)17-6-2-1-3-7-17)20-24-19(16-9-13-23-14-10-16)18-8-4-5-15-26(18)20/h1-10,13-15H,11-12H2,(H,25,27)/p+2. The van der Waals surface area contributed by atoms with Gasteiger partial charge in [0.05, 0.1) is 11.7 Å². The van der Waals surface area contributed by atoms with Crippen molar-refractivity contribution in [3.63, 3.8) is 0 Å². The van der Waals surface area contributed by atoms with Crippen molar-refractivity contribution in [1.29, 1.82) is 0 Å². The van der Waals surface area contributed by atoms with Gasteiger partial charge in [-0.25, -0.2) is 9.97 Å². The molecule has 3 aromatic heterocycles. The summed E-state index contributed by atoms with van der Waals surface area (Å²) in [6.07, 6.45) is 7.61. The molecule has 0 atom stereocenters. The molecule has 1 aromatic carbocycles. The highest BCUT2D eigenvalue weighted by molar-refractivity contribution is 5.92. The Morgan fingerprint density at radius 3 is 2.48 bits per heavy atom. The van der Waals surface area contributed by atoms with Crippen LogP contribution in [0.1, 0.15) is 29.0 Å². The fourth-order valence-electron chi connectivity index (χ4n) is 3.67. The van der Waals surface area contributed by atoms with Crippen molar-refractivity contribution in [2.24, 2.45) is 0 Å². The Morgan fingerprint density at radius 1 is 1.00 bits per heavy atom. The van der Waals surface area contributed by atoms with Gasteiger partial charge in [0.1, 0.15) is 0 Å². The van der Waals surface area contributed by atoms with E-state index in [2.05, 4.69) is 27.4 Å². The Morgan fingerprint density at radius 2 is 1.74 bits per heavy atom. The average Bonchev–Trinajstić information content (AvgIpc) is 3.41. The van der Waals surface area contributed by atoms with Crippen LogP contribution < -0.4 is 14.7 Å². The van der Waals surface area contributed by atoms with Gasteiger partial charge in [0.15, 0.2) is 23.6 Å². The molecule has 132 valence electrons. The van der Waals surface area contributed by atoms with Gasteiger partial charge in [0.2, 0.25) is 0 Å². The monoisotopic (exact) mass is 356 g/mol. The first-order valence-corrected chi connectivity index (χ1v) is 9.14. The Bertz CT molecular complexity index is 1110. The molecule has 0 spiro atoms. The minimum Gasteiger partial charge on any atom is -0.336 e. The first-order chi connectivity index (χ1) is 13.3. The van der Waals surface area contributed by atoms with Gasteiger partial charge in [-0.05, 0) is 30.5 Å². The second-order valence-corrected chi connectivity index (χ2v) is 7.00. The number of benzene rings is 1. The van der Waals surface area contributed by atoms with Crippen molar-refractivity contribution in [3.8, 4) is 11.3 Å². The summed E-state index contributed by atoms with van der Waals surface area (Å²) in [6, 6.07) is 20.1. The van der Waals surface area contributed by atoms with Gasteiger partial charge in [0, 0.05) is 17.7 Å². The molecule has 0 saturated heterocycles. The molecule has 1 amide bonds. The van der Waals surface area contributed by atoms with Crippen LogP contribution in [0, 0.1) is 0 Å². The first kappa shape index (κ1) is 15.8. The zero-order valence-corrected chi connectivity index (χ0v) is 14.8. The predicted molar refractivity (Wildman–Crippen MR) is 101 cm³/mol. The maximum atomic E-state index is 13.2. The van der Waals surface area contributed by atoms with Crippen LogP contribution in [0.25, 0.3) is 16.8 Å². The molecule has 5 heteroatoms. The molecule has 4 aromatic rings. The number of amides is 1. The van der Waals surface area contributed by atoms with Gasteiger partial charge in [-0.15, -0.1) is 0 Å². The fourth-order valence-corrected chi connectivity index (χ4v) is 3.67. The molecular weight excluding hydrogens is 336 g/mol. The zero-order chi connectivity index (χ0) is 18.3. The highest BCUT2D eigenvalue weighted by Gasteiger charge is 2.47. The third-order valence-corrected chi connectivity index (χ3v) is 5.25. The predicted octanol–water partition coefficient (Wildman–Crippen LogP) is 2.65. The number of hydrogen-bond acceptors (Lipinski definition) is 1. The topological polar surface area (TPSA) is 63.1 Å². The van der Waals surface area contributed by atoms with E-state index < -0.39 is 0 Å². The lowest BCUT2D eigenvalue weighted by molar-refractivity contribution is -0.514. The molecule has 1 aliphatic carbocycles. The third kappa shape index (κ3) is 2.68. The summed E-state index contributed by atoms with van der Waals surface area (Å²) >= 11 is 0. The summed E-state index contributed by atoms with van der Waals surface area (Å²) in [5, 5.41) is 3.26. The number of imidazole rings is 1. The van der Waals surface area contributed by atoms with Crippen molar-refractivity contribution < 1.29 is 14.2 Å². The summed E-state index contributed by atoms with van der Waals surface area (Å²) in [6.45, 7) is 0. The molecule has 5 rings (SSSR count). The summed E-state index contributed by atoms with van der Waals surface area (Å²) in [4.78, 5) is 19.5. The molecule has 1 saturated carbocycles. The number of nitrogens with one attached hydrogen (secondary N) is 3. The molecule has 1 fully saturated rings. The molecule has 0 radical (unpaired) electrons.